The van der Waals surface area contributed by atoms with Gasteiger partial charge in [-0.1, -0.05) is 11.6 Å². The van der Waals surface area contributed by atoms with Crippen LogP contribution in [0.5, 0.6) is 11.5 Å². The summed E-state index contributed by atoms with van der Waals surface area (Å²) in [5.41, 5.74) is 6.82. The second kappa shape index (κ2) is 4.29. The fourth-order valence-corrected chi connectivity index (χ4v) is 1.94. The highest BCUT2D eigenvalue weighted by Crippen LogP contribution is 2.38. The van der Waals surface area contributed by atoms with Crippen molar-refractivity contribution in [3.05, 3.63) is 22.7 Å². The van der Waals surface area contributed by atoms with E-state index in [4.69, 9.17) is 26.8 Å². The summed E-state index contributed by atoms with van der Waals surface area (Å²) in [4.78, 5) is 0. The third-order valence-corrected chi connectivity index (χ3v) is 2.50. The van der Waals surface area contributed by atoms with E-state index >= 15 is 0 Å². The summed E-state index contributed by atoms with van der Waals surface area (Å²) >= 11 is 6.08. The van der Waals surface area contributed by atoms with Crippen molar-refractivity contribution in [2.24, 2.45) is 5.73 Å². The van der Waals surface area contributed by atoms with E-state index in [0.717, 1.165) is 17.7 Å². The molecule has 0 fully saturated rings. The quantitative estimate of drug-likeness (QED) is 0.841. The Morgan fingerprint density at radius 3 is 2.87 bits per heavy atom. The molecular formula is C11H14ClNO2. The predicted molar refractivity (Wildman–Crippen MR) is 59.8 cm³/mol. The Morgan fingerprint density at radius 1 is 1.40 bits per heavy atom. The van der Waals surface area contributed by atoms with Crippen LogP contribution in [0.1, 0.15) is 12.5 Å². The average Bonchev–Trinajstić information content (AvgIpc) is 2.16. The smallest absolute Gasteiger partial charge is 0.179 e. The number of nitrogens with two attached hydrogens (primary N) is 1. The minimum absolute atomic E-state index is 0.114. The zero-order valence-corrected chi connectivity index (χ0v) is 9.38. The maximum Gasteiger partial charge on any atom is 0.179 e. The summed E-state index contributed by atoms with van der Waals surface area (Å²) in [5, 5.41) is 0.600. The van der Waals surface area contributed by atoms with E-state index in [1.54, 1.807) is 0 Å². The summed E-state index contributed by atoms with van der Waals surface area (Å²) in [5.74, 6) is 1.38. The van der Waals surface area contributed by atoms with Gasteiger partial charge in [-0.3, -0.25) is 0 Å². The first-order valence-corrected chi connectivity index (χ1v) is 5.38. The van der Waals surface area contributed by atoms with E-state index < -0.39 is 0 Å². The van der Waals surface area contributed by atoms with Gasteiger partial charge in [-0.2, -0.15) is 0 Å². The van der Waals surface area contributed by atoms with Gasteiger partial charge >= 0.3 is 0 Å². The minimum atomic E-state index is 0.114. The predicted octanol–water partition coefficient (Wildman–Crippen LogP) is 2.00. The normalized spacial score (nSPS) is 16.2. The zero-order chi connectivity index (χ0) is 10.8. The van der Waals surface area contributed by atoms with E-state index in [0.29, 0.717) is 24.0 Å². The second-order valence-corrected chi connectivity index (χ2v) is 4.19. The molecule has 1 atom stereocenters. The third-order valence-electron chi connectivity index (χ3n) is 2.21. The molecule has 1 heterocycles. The monoisotopic (exact) mass is 227 g/mol. The minimum Gasteiger partial charge on any atom is -0.486 e. The van der Waals surface area contributed by atoms with Gasteiger partial charge in [0.1, 0.15) is 13.2 Å². The third kappa shape index (κ3) is 2.36. The van der Waals surface area contributed by atoms with Crippen LogP contribution in [0.15, 0.2) is 12.1 Å². The molecular weight excluding hydrogens is 214 g/mol. The topological polar surface area (TPSA) is 44.5 Å². The number of ether oxygens (including phenoxy) is 2. The number of benzene rings is 1. The van der Waals surface area contributed by atoms with Crippen molar-refractivity contribution in [3.63, 3.8) is 0 Å². The lowest BCUT2D eigenvalue weighted by atomic mass is 10.1. The summed E-state index contributed by atoms with van der Waals surface area (Å²) in [6.07, 6.45) is 0.788. The van der Waals surface area contributed by atoms with E-state index in [1.807, 2.05) is 19.1 Å². The lowest BCUT2D eigenvalue weighted by molar-refractivity contribution is 0.171. The van der Waals surface area contributed by atoms with Crippen LogP contribution in [-0.2, 0) is 6.42 Å². The van der Waals surface area contributed by atoms with Gasteiger partial charge in [0.2, 0.25) is 0 Å². The average molecular weight is 228 g/mol. The van der Waals surface area contributed by atoms with Gasteiger partial charge in [-0.05, 0) is 31.0 Å². The van der Waals surface area contributed by atoms with Crippen molar-refractivity contribution in [3.8, 4) is 11.5 Å². The zero-order valence-electron chi connectivity index (χ0n) is 8.63. The summed E-state index contributed by atoms with van der Waals surface area (Å²) in [6, 6.07) is 3.95. The molecule has 82 valence electrons. The largest absolute Gasteiger partial charge is 0.486 e. The first-order chi connectivity index (χ1) is 7.16. The van der Waals surface area contributed by atoms with Crippen LogP contribution in [0.25, 0.3) is 0 Å². The molecule has 0 saturated heterocycles. The van der Waals surface area contributed by atoms with Crippen LogP contribution in [0.4, 0.5) is 0 Å². The van der Waals surface area contributed by atoms with Crippen molar-refractivity contribution < 1.29 is 9.47 Å². The van der Waals surface area contributed by atoms with Gasteiger partial charge in [-0.25, -0.2) is 0 Å². The molecule has 1 unspecified atom stereocenters. The Morgan fingerprint density at radius 2 is 2.13 bits per heavy atom. The molecule has 1 aliphatic heterocycles. The molecule has 4 heteroatoms. The Hall–Kier alpha value is -0.930. The van der Waals surface area contributed by atoms with Crippen molar-refractivity contribution >= 4 is 11.6 Å². The highest BCUT2D eigenvalue weighted by molar-refractivity contribution is 6.32. The molecule has 0 amide bonds. The van der Waals surface area contributed by atoms with Crippen LogP contribution in [0.3, 0.4) is 0 Å². The number of halogens is 1. The molecule has 2 rings (SSSR count). The SMILES string of the molecule is CC(N)Cc1cc(Cl)c2c(c1)OCCO2. The number of rotatable bonds is 2. The molecule has 0 aliphatic carbocycles. The van der Waals surface area contributed by atoms with Gasteiger partial charge in [0, 0.05) is 6.04 Å². The van der Waals surface area contributed by atoms with Crippen LogP contribution in [-0.4, -0.2) is 19.3 Å². The maximum atomic E-state index is 6.08. The molecule has 15 heavy (non-hydrogen) atoms. The van der Waals surface area contributed by atoms with E-state index in [-0.39, 0.29) is 6.04 Å². The second-order valence-electron chi connectivity index (χ2n) is 3.78. The van der Waals surface area contributed by atoms with Gasteiger partial charge in [0.25, 0.3) is 0 Å². The fourth-order valence-electron chi connectivity index (χ4n) is 1.65. The van der Waals surface area contributed by atoms with E-state index in [1.165, 1.54) is 0 Å². The van der Waals surface area contributed by atoms with Crippen LogP contribution in [0, 0.1) is 0 Å². The Bertz CT molecular complexity index is 366. The van der Waals surface area contributed by atoms with Crippen molar-refractivity contribution in [2.75, 3.05) is 13.2 Å². The number of hydrogen-bond acceptors (Lipinski definition) is 3. The standard InChI is InChI=1S/C11H14ClNO2/c1-7(13)4-8-5-9(12)11-10(6-8)14-2-3-15-11/h5-7H,2-4,13H2,1H3. The molecule has 0 radical (unpaired) electrons. The summed E-state index contributed by atoms with van der Waals surface area (Å²) < 4.78 is 10.9. The summed E-state index contributed by atoms with van der Waals surface area (Å²) in [7, 11) is 0. The Balaban J connectivity index is 2.32. The van der Waals surface area contributed by atoms with E-state index in [2.05, 4.69) is 0 Å². The van der Waals surface area contributed by atoms with Crippen molar-refractivity contribution in [1.29, 1.82) is 0 Å². The van der Waals surface area contributed by atoms with E-state index in [9.17, 15) is 0 Å². The van der Waals surface area contributed by atoms with Gasteiger partial charge in [0.05, 0.1) is 5.02 Å². The van der Waals surface area contributed by atoms with Crippen LogP contribution >= 0.6 is 11.6 Å². The molecule has 0 bridgehead atoms. The molecule has 1 aliphatic rings. The lowest BCUT2D eigenvalue weighted by Crippen LogP contribution is -2.19. The highest BCUT2D eigenvalue weighted by atomic mass is 35.5. The Labute approximate surface area is 94.1 Å². The molecule has 2 N–H and O–H groups in total. The molecule has 1 aromatic carbocycles. The van der Waals surface area contributed by atoms with Gasteiger partial charge < -0.3 is 15.2 Å². The lowest BCUT2D eigenvalue weighted by Gasteiger charge is -2.20. The van der Waals surface area contributed by atoms with Crippen LogP contribution < -0.4 is 15.2 Å². The number of fused-ring (bicyclic) bond motifs is 1. The van der Waals surface area contributed by atoms with Gasteiger partial charge in [0.15, 0.2) is 11.5 Å². The maximum absolute atomic E-state index is 6.08. The first kappa shape index (κ1) is 10.6. The highest BCUT2D eigenvalue weighted by Gasteiger charge is 2.16. The molecule has 1 aromatic rings. The van der Waals surface area contributed by atoms with Crippen LogP contribution in [0.2, 0.25) is 5.02 Å². The first-order valence-electron chi connectivity index (χ1n) is 5.00. The fraction of sp³-hybridized carbons (Fsp3) is 0.455. The van der Waals surface area contributed by atoms with Crippen molar-refractivity contribution in [2.45, 2.75) is 19.4 Å². The number of hydrogen-bond donors (Lipinski definition) is 1. The molecule has 0 aromatic heterocycles. The van der Waals surface area contributed by atoms with Crippen molar-refractivity contribution in [1.82, 2.24) is 0 Å². The van der Waals surface area contributed by atoms with Gasteiger partial charge in [-0.15, -0.1) is 0 Å². The summed E-state index contributed by atoms with van der Waals surface area (Å²) in [6.45, 7) is 3.09. The molecule has 0 saturated carbocycles. The Kier molecular flexibility index (Phi) is 3.03. The molecule has 3 nitrogen and oxygen atoms in total. The molecule has 0 spiro atoms.